The Morgan fingerprint density at radius 2 is 1.92 bits per heavy atom. The van der Waals surface area contributed by atoms with Gasteiger partial charge in [0, 0.05) is 10.5 Å². The Bertz CT molecular complexity index is 935. The second-order valence-electron chi connectivity index (χ2n) is 5.34. The molecule has 8 heteroatoms. The molecule has 1 N–H and O–H groups in total. The fraction of sp³-hybridized carbons (Fsp3) is 0.0588. The van der Waals surface area contributed by atoms with Crippen LogP contribution in [0.5, 0.6) is 5.75 Å². The molecule has 1 heterocycles. The quantitative estimate of drug-likeness (QED) is 0.479. The molecule has 2 aromatic rings. The first-order chi connectivity index (χ1) is 11.9. The largest absolute Gasteiger partial charge is 0.502 e. The van der Waals surface area contributed by atoms with E-state index in [4.69, 9.17) is 0 Å². The number of phenolic OH excluding ortho intramolecular Hbond substituents is 1. The zero-order chi connectivity index (χ0) is 18.1. The summed E-state index contributed by atoms with van der Waals surface area (Å²) in [6.45, 7) is 1.69. The number of carbonyl (C=O) groups is 1. The van der Waals surface area contributed by atoms with Crippen LogP contribution in [0.2, 0.25) is 0 Å². The van der Waals surface area contributed by atoms with Crippen molar-refractivity contribution in [3.63, 3.8) is 0 Å². The van der Waals surface area contributed by atoms with Crippen LogP contribution in [0, 0.1) is 10.1 Å². The van der Waals surface area contributed by atoms with Crippen molar-refractivity contribution in [3.8, 4) is 5.75 Å². The minimum atomic E-state index is -0.678. The lowest BCUT2D eigenvalue weighted by Gasteiger charge is -2.11. The number of phenols is 1. The average Bonchev–Trinajstić information content (AvgIpc) is 2.85. The number of hydrogen-bond donors (Lipinski definition) is 1. The average molecular weight is 402 g/mol. The number of nitro benzene ring substituents is 1. The summed E-state index contributed by atoms with van der Waals surface area (Å²) >= 11 is 3.34. The van der Waals surface area contributed by atoms with Gasteiger partial charge < -0.3 is 5.11 Å². The number of nitrogens with zero attached hydrogens (tertiary/aromatic N) is 3. The Labute approximate surface area is 151 Å². The summed E-state index contributed by atoms with van der Waals surface area (Å²) in [4.78, 5) is 22.9. The van der Waals surface area contributed by atoms with Gasteiger partial charge in [-0.3, -0.25) is 14.9 Å². The van der Waals surface area contributed by atoms with E-state index in [-0.39, 0.29) is 5.91 Å². The molecule has 126 valence electrons. The second kappa shape index (κ2) is 6.48. The fourth-order valence-corrected chi connectivity index (χ4v) is 2.65. The maximum Gasteiger partial charge on any atom is 0.311 e. The normalized spacial score (nSPS) is 15.6. The van der Waals surface area contributed by atoms with Crippen LogP contribution in [-0.4, -0.2) is 21.6 Å². The van der Waals surface area contributed by atoms with Crippen LogP contribution in [0.15, 0.2) is 57.6 Å². The first-order valence-corrected chi connectivity index (χ1v) is 8.01. The smallest absolute Gasteiger partial charge is 0.311 e. The predicted octanol–water partition coefficient (Wildman–Crippen LogP) is 3.87. The summed E-state index contributed by atoms with van der Waals surface area (Å²) in [5.41, 5.74) is 1.47. The first kappa shape index (κ1) is 16.8. The van der Waals surface area contributed by atoms with Crippen LogP contribution in [0.25, 0.3) is 6.08 Å². The maximum atomic E-state index is 12.6. The van der Waals surface area contributed by atoms with Gasteiger partial charge in [0.05, 0.1) is 21.9 Å². The molecule has 7 nitrogen and oxygen atoms in total. The van der Waals surface area contributed by atoms with E-state index in [0.29, 0.717) is 22.5 Å². The van der Waals surface area contributed by atoms with Crippen LogP contribution in [-0.2, 0) is 4.79 Å². The van der Waals surface area contributed by atoms with Gasteiger partial charge in [0.1, 0.15) is 0 Å². The van der Waals surface area contributed by atoms with Crippen molar-refractivity contribution in [1.82, 2.24) is 0 Å². The van der Waals surface area contributed by atoms with Gasteiger partial charge >= 0.3 is 5.69 Å². The van der Waals surface area contributed by atoms with Crippen molar-refractivity contribution in [2.75, 3.05) is 5.01 Å². The third kappa shape index (κ3) is 3.29. The highest BCUT2D eigenvalue weighted by Crippen LogP contribution is 2.29. The molecule has 0 spiro atoms. The molecule has 0 saturated heterocycles. The van der Waals surface area contributed by atoms with Crippen LogP contribution in [0.3, 0.4) is 0 Å². The van der Waals surface area contributed by atoms with Crippen molar-refractivity contribution in [2.24, 2.45) is 5.10 Å². The molecule has 0 aliphatic carbocycles. The van der Waals surface area contributed by atoms with Gasteiger partial charge in [0.2, 0.25) is 0 Å². The van der Waals surface area contributed by atoms with E-state index in [1.807, 2.05) is 0 Å². The summed E-state index contributed by atoms with van der Waals surface area (Å²) in [6, 6.07) is 11.1. The highest BCUT2D eigenvalue weighted by molar-refractivity contribution is 9.10. The van der Waals surface area contributed by atoms with E-state index in [9.17, 15) is 20.0 Å². The highest BCUT2D eigenvalue weighted by atomic mass is 79.9. The van der Waals surface area contributed by atoms with E-state index in [0.717, 1.165) is 4.47 Å². The molecule has 1 aliphatic heterocycles. The number of amides is 1. The molecule has 0 radical (unpaired) electrons. The Kier molecular flexibility index (Phi) is 4.37. The molecule has 0 unspecified atom stereocenters. The van der Waals surface area contributed by atoms with E-state index < -0.39 is 16.4 Å². The van der Waals surface area contributed by atoms with Gasteiger partial charge in [0.25, 0.3) is 5.91 Å². The molecule has 2 aromatic carbocycles. The molecule has 3 rings (SSSR count). The SMILES string of the molecule is CC1=NN(c2ccc(Br)cc2)C(=O)C1=Cc1ccc(O)c([N+](=O)[O-])c1. The van der Waals surface area contributed by atoms with Crippen molar-refractivity contribution in [2.45, 2.75) is 6.92 Å². The van der Waals surface area contributed by atoms with Gasteiger partial charge in [0.15, 0.2) is 5.75 Å². The summed E-state index contributed by atoms with van der Waals surface area (Å²) in [7, 11) is 0. The summed E-state index contributed by atoms with van der Waals surface area (Å²) < 4.78 is 0.885. The Balaban J connectivity index is 1.96. The number of hydrazone groups is 1. The molecular weight excluding hydrogens is 390 g/mol. The molecule has 1 aliphatic rings. The van der Waals surface area contributed by atoms with Gasteiger partial charge in [-0.1, -0.05) is 22.0 Å². The second-order valence-corrected chi connectivity index (χ2v) is 6.26. The lowest BCUT2D eigenvalue weighted by molar-refractivity contribution is -0.385. The third-order valence-electron chi connectivity index (χ3n) is 3.64. The molecule has 1 amide bonds. The number of carbonyl (C=O) groups excluding carboxylic acids is 1. The molecule has 0 fully saturated rings. The standard InChI is InChI=1S/C17H12BrN3O4/c1-10-14(8-11-2-7-16(22)15(9-11)21(24)25)17(23)20(19-10)13-5-3-12(18)4-6-13/h2-9,22H,1H3. The van der Waals surface area contributed by atoms with Crippen molar-refractivity contribution >= 4 is 45.0 Å². The Morgan fingerprint density at radius 3 is 2.56 bits per heavy atom. The van der Waals surface area contributed by atoms with Crippen LogP contribution in [0.4, 0.5) is 11.4 Å². The predicted molar refractivity (Wildman–Crippen MR) is 97.5 cm³/mol. The first-order valence-electron chi connectivity index (χ1n) is 7.21. The number of rotatable bonds is 3. The molecule has 0 saturated carbocycles. The number of aromatic hydroxyl groups is 1. The van der Waals surface area contributed by atoms with Crippen LogP contribution >= 0.6 is 15.9 Å². The topological polar surface area (TPSA) is 96.0 Å². The van der Waals surface area contributed by atoms with E-state index >= 15 is 0 Å². The lowest BCUT2D eigenvalue weighted by atomic mass is 10.1. The lowest BCUT2D eigenvalue weighted by Crippen LogP contribution is -2.21. The molecule has 25 heavy (non-hydrogen) atoms. The van der Waals surface area contributed by atoms with Gasteiger partial charge in [-0.05, 0) is 48.9 Å². The monoisotopic (exact) mass is 401 g/mol. The summed E-state index contributed by atoms with van der Waals surface area (Å²) in [6.07, 6.45) is 1.52. The van der Waals surface area contributed by atoms with Gasteiger partial charge in [-0.25, -0.2) is 0 Å². The molecule has 0 atom stereocenters. The minimum absolute atomic E-state index is 0.324. The Hall–Kier alpha value is -3.00. The van der Waals surface area contributed by atoms with Gasteiger partial charge in [-0.2, -0.15) is 10.1 Å². The van der Waals surface area contributed by atoms with Crippen LogP contribution in [0.1, 0.15) is 12.5 Å². The highest BCUT2D eigenvalue weighted by Gasteiger charge is 2.28. The fourth-order valence-electron chi connectivity index (χ4n) is 2.38. The number of hydrogen-bond acceptors (Lipinski definition) is 5. The van der Waals surface area contributed by atoms with E-state index in [1.165, 1.54) is 29.3 Å². The Morgan fingerprint density at radius 1 is 1.24 bits per heavy atom. The zero-order valence-corrected chi connectivity index (χ0v) is 14.6. The van der Waals surface area contributed by atoms with E-state index in [1.54, 1.807) is 31.2 Å². The van der Waals surface area contributed by atoms with Crippen LogP contribution < -0.4 is 5.01 Å². The minimum Gasteiger partial charge on any atom is -0.502 e. The third-order valence-corrected chi connectivity index (χ3v) is 4.17. The van der Waals surface area contributed by atoms with E-state index in [2.05, 4.69) is 21.0 Å². The molecular formula is C17H12BrN3O4. The maximum absolute atomic E-state index is 12.6. The number of nitro groups is 1. The summed E-state index contributed by atoms with van der Waals surface area (Å²) in [5.74, 6) is -0.748. The number of benzene rings is 2. The zero-order valence-electron chi connectivity index (χ0n) is 13.0. The van der Waals surface area contributed by atoms with Gasteiger partial charge in [-0.15, -0.1) is 0 Å². The summed E-state index contributed by atoms with van der Waals surface area (Å²) in [5, 5.41) is 26.0. The van der Waals surface area contributed by atoms with Crippen molar-refractivity contribution < 1.29 is 14.8 Å². The molecule has 0 aromatic heterocycles. The molecule has 0 bridgehead atoms. The van der Waals surface area contributed by atoms with Crippen molar-refractivity contribution in [3.05, 3.63) is 68.2 Å². The number of halogens is 1. The van der Waals surface area contributed by atoms with Crippen molar-refractivity contribution in [1.29, 1.82) is 0 Å². The number of anilines is 1.